The summed E-state index contributed by atoms with van der Waals surface area (Å²) in [7, 11) is -0.919. The molecule has 3 rings (SSSR count). The minimum absolute atomic E-state index is 0.153. The molecule has 0 unspecified atom stereocenters. The number of benzene rings is 1. The lowest BCUT2D eigenvalue weighted by Crippen LogP contribution is -2.13. The molecule has 1 aliphatic rings. The Bertz CT molecular complexity index is 785. The predicted octanol–water partition coefficient (Wildman–Crippen LogP) is 4.18. The topological polar surface area (TPSA) is 59.1 Å². The van der Waals surface area contributed by atoms with Crippen LogP contribution in [0.1, 0.15) is 52.7 Å². The zero-order valence-electron chi connectivity index (χ0n) is 14.7. The molecule has 0 saturated carbocycles. The number of hydrogen-bond acceptors (Lipinski definition) is 4. The van der Waals surface area contributed by atoms with Crippen molar-refractivity contribution in [2.45, 2.75) is 44.8 Å². The number of rotatable bonds is 6. The maximum Gasteiger partial charge on any atom is 0.257 e. The van der Waals surface area contributed by atoms with Gasteiger partial charge in [0.15, 0.2) is 5.13 Å². The largest absolute Gasteiger partial charge is 0.298 e. The van der Waals surface area contributed by atoms with E-state index in [0.717, 1.165) is 30.0 Å². The van der Waals surface area contributed by atoms with Crippen LogP contribution in [-0.4, -0.2) is 21.4 Å². The van der Waals surface area contributed by atoms with Gasteiger partial charge in [-0.15, -0.1) is 11.3 Å². The van der Waals surface area contributed by atoms with Gasteiger partial charge in [0.2, 0.25) is 0 Å². The van der Waals surface area contributed by atoms with Crippen LogP contribution in [0.15, 0.2) is 24.3 Å². The van der Waals surface area contributed by atoms with E-state index in [1.54, 1.807) is 23.7 Å². The van der Waals surface area contributed by atoms with Crippen molar-refractivity contribution in [3.8, 4) is 0 Å². The van der Waals surface area contributed by atoms with E-state index in [0.29, 0.717) is 16.4 Å². The highest BCUT2D eigenvalue weighted by Gasteiger charge is 2.22. The fourth-order valence-corrected chi connectivity index (χ4v) is 5.12. The van der Waals surface area contributed by atoms with Gasteiger partial charge >= 0.3 is 0 Å². The molecular weight excluding hydrogens is 352 g/mol. The van der Waals surface area contributed by atoms with E-state index in [4.69, 9.17) is 0 Å². The zero-order chi connectivity index (χ0) is 17.8. The first kappa shape index (κ1) is 18.3. The molecule has 1 aromatic heterocycles. The number of aryl methyl sites for hydroxylation is 1. The standard InChI is InChI=1S/C19H24N2O2S2/c1-3-5-13-8-9-16-17(11-13)24-19(20-16)21-18(22)15-7-4-6-14(10-15)12-25(2)23/h4,6-7,10,13H,3,5,8-9,11-12H2,1-2H3,(H,20,21,22)/t13-,25+/m0/s1. The minimum Gasteiger partial charge on any atom is -0.298 e. The van der Waals surface area contributed by atoms with E-state index < -0.39 is 10.8 Å². The summed E-state index contributed by atoms with van der Waals surface area (Å²) in [4.78, 5) is 18.5. The Labute approximate surface area is 155 Å². The number of hydrogen-bond donors (Lipinski definition) is 1. The first-order valence-electron chi connectivity index (χ1n) is 8.74. The van der Waals surface area contributed by atoms with Crippen molar-refractivity contribution in [3.05, 3.63) is 46.0 Å². The van der Waals surface area contributed by atoms with Crippen molar-refractivity contribution in [2.24, 2.45) is 5.92 Å². The molecule has 1 aliphatic carbocycles. The van der Waals surface area contributed by atoms with E-state index in [2.05, 4.69) is 17.2 Å². The van der Waals surface area contributed by atoms with Gasteiger partial charge in [-0.1, -0.05) is 31.9 Å². The molecule has 25 heavy (non-hydrogen) atoms. The number of carbonyl (C=O) groups is 1. The Morgan fingerprint density at radius 2 is 2.28 bits per heavy atom. The molecule has 2 atom stereocenters. The Hall–Kier alpha value is -1.53. The molecule has 0 spiro atoms. The van der Waals surface area contributed by atoms with Crippen molar-refractivity contribution >= 4 is 33.2 Å². The molecule has 1 amide bonds. The van der Waals surface area contributed by atoms with Gasteiger partial charge in [-0.2, -0.15) is 0 Å². The molecule has 0 bridgehead atoms. The van der Waals surface area contributed by atoms with Crippen LogP contribution >= 0.6 is 11.3 Å². The number of amides is 1. The second kappa shape index (κ2) is 8.23. The van der Waals surface area contributed by atoms with Crippen LogP contribution in [0.3, 0.4) is 0 Å². The van der Waals surface area contributed by atoms with Gasteiger partial charge in [0.1, 0.15) is 0 Å². The third kappa shape index (κ3) is 4.76. The quantitative estimate of drug-likeness (QED) is 0.823. The number of aromatic nitrogens is 1. The van der Waals surface area contributed by atoms with Gasteiger partial charge in [0.25, 0.3) is 5.91 Å². The molecule has 1 heterocycles. The van der Waals surface area contributed by atoms with Crippen molar-refractivity contribution in [3.63, 3.8) is 0 Å². The summed E-state index contributed by atoms with van der Waals surface area (Å²) < 4.78 is 11.4. The maximum atomic E-state index is 12.5. The van der Waals surface area contributed by atoms with E-state index in [1.807, 2.05) is 18.2 Å². The highest BCUT2D eigenvalue weighted by molar-refractivity contribution is 7.83. The van der Waals surface area contributed by atoms with Gasteiger partial charge in [-0.3, -0.25) is 14.3 Å². The Balaban J connectivity index is 1.69. The van der Waals surface area contributed by atoms with Crippen LogP contribution in [0.25, 0.3) is 0 Å². The number of fused-ring (bicyclic) bond motifs is 1. The second-order valence-electron chi connectivity index (χ2n) is 6.66. The molecular formula is C19H24N2O2S2. The molecule has 2 aromatic rings. The Morgan fingerprint density at radius 1 is 1.44 bits per heavy atom. The van der Waals surface area contributed by atoms with E-state index in [1.165, 1.54) is 24.1 Å². The number of anilines is 1. The number of nitrogens with one attached hydrogen (secondary N) is 1. The third-order valence-electron chi connectivity index (χ3n) is 4.52. The van der Waals surface area contributed by atoms with Crippen molar-refractivity contribution in [2.75, 3.05) is 11.6 Å². The van der Waals surface area contributed by atoms with Crippen LogP contribution in [-0.2, 0) is 29.4 Å². The number of carbonyl (C=O) groups excluding carboxylic acids is 1. The van der Waals surface area contributed by atoms with Crippen LogP contribution in [0, 0.1) is 5.92 Å². The maximum absolute atomic E-state index is 12.5. The predicted molar refractivity (Wildman–Crippen MR) is 105 cm³/mol. The number of thiazole rings is 1. The molecule has 0 radical (unpaired) electrons. The number of nitrogens with zero attached hydrogens (tertiary/aromatic N) is 1. The molecule has 0 fully saturated rings. The average molecular weight is 377 g/mol. The fraction of sp³-hybridized carbons (Fsp3) is 0.474. The molecule has 134 valence electrons. The first-order valence-corrected chi connectivity index (χ1v) is 11.3. The molecule has 1 aromatic carbocycles. The third-order valence-corrected chi connectivity index (χ3v) is 6.29. The summed E-state index contributed by atoms with van der Waals surface area (Å²) in [6.45, 7) is 2.23. The summed E-state index contributed by atoms with van der Waals surface area (Å²) in [5.41, 5.74) is 2.65. The molecule has 4 nitrogen and oxygen atoms in total. The molecule has 0 saturated heterocycles. The SMILES string of the molecule is CCC[C@H]1CCc2nc(NC(=O)c3cccc(C[S@@](C)=O)c3)sc2C1. The summed E-state index contributed by atoms with van der Waals surface area (Å²) in [6.07, 6.45) is 7.47. The Kier molecular flexibility index (Phi) is 6.02. The second-order valence-corrected chi connectivity index (χ2v) is 9.18. The molecule has 6 heteroatoms. The lowest BCUT2D eigenvalue weighted by Gasteiger charge is -2.19. The Morgan fingerprint density at radius 3 is 3.04 bits per heavy atom. The van der Waals surface area contributed by atoms with Crippen LogP contribution in [0.4, 0.5) is 5.13 Å². The first-order chi connectivity index (χ1) is 12.0. The molecule has 0 aliphatic heterocycles. The van der Waals surface area contributed by atoms with Gasteiger partial charge in [0.05, 0.1) is 5.69 Å². The normalized spacial score (nSPS) is 17.8. The van der Waals surface area contributed by atoms with Gasteiger partial charge < -0.3 is 0 Å². The van der Waals surface area contributed by atoms with Crippen molar-refractivity contribution in [1.29, 1.82) is 0 Å². The highest BCUT2D eigenvalue weighted by Crippen LogP contribution is 2.34. The van der Waals surface area contributed by atoms with Crippen LogP contribution in [0.5, 0.6) is 0 Å². The summed E-state index contributed by atoms with van der Waals surface area (Å²) >= 11 is 1.61. The van der Waals surface area contributed by atoms with Crippen molar-refractivity contribution < 1.29 is 9.00 Å². The smallest absolute Gasteiger partial charge is 0.257 e. The minimum atomic E-state index is -0.919. The van der Waals surface area contributed by atoms with E-state index in [-0.39, 0.29) is 5.91 Å². The van der Waals surface area contributed by atoms with E-state index in [9.17, 15) is 9.00 Å². The van der Waals surface area contributed by atoms with E-state index >= 15 is 0 Å². The highest BCUT2D eigenvalue weighted by atomic mass is 32.2. The van der Waals surface area contributed by atoms with Crippen molar-refractivity contribution in [1.82, 2.24) is 4.98 Å². The fourth-order valence-electron chi connectivity index (χ4n) is 3.36. The van der Waals surface area contributed by atoms with Gasteiger partial charge in [-0.25, -0.2) is 4.98 Å². The van der Waals surface area contributed by atoms with Gasteiger partial charge in [0, 0.05) is 33.2 Å². The summed E-state index contributed by atoms with van der Waals surface area (Å²) in [6, 6.07) is 7.32. The van der Waals surface area contributed by atoms with Crippen LogP contribution in [0.2, 0.25) is 0 Å². The van der Waals surface area contributed by atoms with Crippen LogP contribution < -0.4 is 5.32 Å². The lowest BCUT2D eigenvalue weighted by molar-refractivity contribution is 0.102. The monoisotopic (exact) mass is 376 g/mol. The average Bonchev–Trinajstić information content (AvgIpc) is 2.96. The lowest BCUT2D eigenvalue weighted by atomic mass is 9.88. The zero-order valence-corrected chi connectivity index (χ0v) is 16.3. The molecule has 1 N–H and O–H groups in total. The summed E-state index contributed by atoms with van der Waals surface area (Å²) in [5.74, 6) is 1.07. The summed E-state index contributed by atoms with van der Waals surface area (Å²) in [5, 5.41) is 3.63. The van der Waals surface area contributed by atoms with Gasteiger partial charge in [-0.05, 0) is 42.9 Å².